The van der Waals surface area contributed by atoms with E-state index in [2.05, 4.69) is 0 Å². The summed E-state index contributed by atoms with van der Waals surface area (Å²) in [5, 5.41) is 104. The maximum absolute atomic E-state index is 11.2. The minimum atomic E-state index is -1.70. The lowest BCUT2D eigenvalue weighted by Crippen LogP contribution is -2.66. The van der Waals surface area contributed by atoms with E-state index in [0.29, 0.717) is 0 Å². The second-order valence-corrected chi connectivity index (χ2v) is 11.7. The quantitative estimate of drug-likeness (QED) is 0.0921. The summed E-state index contributed by atoms with van der Waals surface area (Å²) < 4.78 is 34.6. The molecule has 0 bridgehead atoms. The van der Waals surface area contributed by atoms with Crippen molar-refractivity contribution < 1.29 is 79.5 Å². The molecule has 254 valence electrons. The number of rotatable bonds is 13. The Labute approximate surface area is 250 Å². The SMILES string of the molecule is CCC(C)(OC1OC(CO)C(C(C)OC2OC(CO)C(O)C(O)C2OC)C(O)C1O)C1C(CO)OC(CCO)C(O)C1O. The molecule has 3 saturated heterocycles. The van der Waals surface area contributed by atoms with Crippen molar-refractivity contribution in [2.75, 3.05) is 33.5 Å². The van der Waals surface area contributed by atoms with E-state index in [1.165, 1.54) is 14.0 Å². The third-order valence-electron chi connectivity index (χ3n) is 9.16. The molecule has 10 N–H and O–H groups in total. The summed E-state index contributed by atoms with van der Waals surface area (Å²) in [5.74, 6) is -2.09. The number of aliphatic hydroxyl groups is 10. The third kappa shape index (κ3) is 7.51. The zero-order valence-electron chi connectivity index (χ0n) is 24.9. The molecule has 3 heterocycles. The van der Waals surface area contributed by atoms with Crippen molar-refractivity contribution in [2.45, 2.75) is 125 Å². The smallest absolute Gasteiger partial charge is 0.187 e. The lowest BCUT2D eigenvalue weighted by Gasteiger charge is -2.52. The summed E-state index contributed by atoms with van der Waals surface area (Å²) in [7, 11) is 1.26. The van der Waals surface area contributed by atoms with Crippen LogP contribution in [0.5, 0.6) is 0 Å². The molecule has 0 aromatic rings. The monoisotopic (exact) mass is 630 g/mol. The Bertz CT molecular complexity index is 835. The van der Waals surface area contributed by atoms with Gasteiger partial charge in [-0.25, -0.2) is 0 Å². The average molecular weight is 631 g/mol. The largest absolute Gasteiger partial charge is 0.396 e. The van der Waals surface area contributed by atoms with Crippen LogP contribution in [0.25, 0.3) is 0 Å². The van der Waals surface area contributed by atoms with Gasteiger partial charge in [-0.15, -0.1) is 0 Å². The Morgan fingerprint density at radius 2 is 1.28 bits per heavy atom. The molecule has 3 aliphatic rings. The van der Waals surface area contributed by atoms with Gasteiger partial charge in [-0.2, -0.15) is 0 Å². The summed E-state index contributed by atoms with van der Waals surface area (Å²) in [5.41, 5.74) is -1.39. The molecular weight excluding hydrogens is 580 g/mol. The van der Waals surface area contributed by atoms with E-state index in [9.17, 15) is 51.1 Å². The number of aliphatic hydroxyl groups excluding tert-OH is 10. The molecule has 16 heteroatoms. The van der Waals surface area contributed by atoms with Gasteiger partial charge in [0.05, 0.1) is 62.0 Å². The Morgan fingerprint density at radius 1 is 0.698 bits per heavy atom. The molecule has 3 fully saturated rings. The minimum absolute atomic E-state index is 0.0266. The van der Waals surface area contributed by atoms with E-state index in [1.807, 2.05) is 0 Å². The Balaban J connectivity index is 1.78. The Kier molecular flexibility index (Phi) is 13.5. The molecule has 0 amide bonds. The first-order valence-electron chi connectivity index (χ1n) is 14.7. The van der Waals surface area contributed by atoms with Crippen LogP contribution in [-0.2, 0) is 28.4 Å². The second-order valence-electron chi connectivity index (χ2n) is 11.7. The topological polar surface area (TPSA) is 258 Å². The van der Waals surface area contributed by atoms with Gasteiger partial charge in [-0.1, -0.05) is 6.92 Å². The fourth-order valence-corrected chi connectivity index (χ4v) is 6.50. The van der Waals surface area contributed by atoms with Gasteiger partial charge in [0.1, 0.15) is 36.6 Å². The predicted octanol–water partition coefficient (Wildman–Crippen LogP) is -4.43. The highest BCUT2D eigenvalue weighted by Gasteiger charge is 2.56. The number of methoxy groups -OCH3 is 1. The highest BCUT2D eigenvalue weighted by atomic mass is 16.7. The molecule has 3 rings (SSSR count). The minimum Gasteiger partial charge on any atom is -0.396 e. The molecule has 17 unspecified atom stereocenters. The molecule has 0 radical (unpaired) electrons. The van der Waals surface area contributed by atoms with Crippen LogP contribution < -0.4 is 0 Å². The molecule has 0 aliphatic carbocycles. The van der Waals surface area contributed by atoms with Crippen molar-refractivity contribution in [3.8, 4) is 0 Å². The molecule has 17 atom stereocenters. The fraction of sp³-hybridized carbons (Fsp3) is 1.00. The second kappa shape index (κ2) is 15.8. The van der Waals surface area contributed by atoms with Crippen molar-refractivity contribution in [1.29, 1.82) is 0 Å². The summed E-state index contributed by atoms with van der Waals surface area (Å²) in [4.78, 5) is 0. The maximum Gasteiger partial charge on any atom is 0.187 e. The molecule has 16 nitrogen and oxygen atoms in total. The number of hydrogen-bond acceptors (Lipinski definition) is 16. The average Bonchev–Trinajstić information content (AvgIpc) is 2.99. The lowest BCUT2D eigenvalue weighted by molar-refractivity contribution is -0.358. The molecule has 0 aromatic heterocycles. The van der Waals surface area contributed by atoms with E-state index in [0.717, 1.165) is 0 Å². The van der Waals surface area contributed by atoms with Crippen LogP contribution in [0.3, 0.4) is 0 Å². The van der Waals surface area contributed by atoms with E-state index >= 15 is 0 Å². The summed E-state index contributed by atoms with van der Waals surface area (Å²) in [6.45, 7) is 2.68. The zero-order chi connectivity index (χ0) is 32.2. The van der Waals surface area contributed by atoms with Gasteiger partial charge >= 0.3 is 0 Å². The van der Waals surface area contributed by atoms with Gasteiger partial charge in [0.15, 0.2) is 12.6 Å². The van der Waals surface area contributed by atoms with Gasteiger partial charge in [0.25, 0.3) is 0 Å². The molecule has 3 aliphatic heterocycles. The van der Waals surface area contributed by atoms with Gasteiger partial charge in [0.2, 0.25) is 0 Å². The molecule has 0 saturated carbocycles. The Morgan fingerprint density at radius 3 is 1.81 bits per heavy atom. The van der Waals surface area contributed by atoms with Gasteiger partial charge in [-0.05, 0) is 26.7 Å². The number of hydrogen-bond donors (Lipinski definition) is 10. The summed E-state index contributed by atoms with van der Waals surface area (Å²) in [6, 6.07) is 0. The van der Waals surface area contributed by atoms with Crippen molar-refractivity contribution >= 4 is 0 Å². The summed E-state index contributed by atoms with van der Waals surface area (Å²) >= 11 is 0. The third-order valence-corrected chi connectivity index (χ3v) is 9.16. The van der Waals surface area contributed by atoms with Crippen LogP contribution >= 0.6 is 0 Å². The van der Waals surface area contributed by atoms with E-state index in [4.69, 9.17) is 28.4 Å². The molecule has 0 aromatic carbocycles. The van der Waals surface area contributed by atoms with Crippen LogP contribution in [0, 0.1) is 11.8 Å². The van der Waals surface area contributed by atoms with Crippen LogP contribution in [-0.4, -0.2) is 176 Å². The first-order chi connectivity index (χ1) is 20.3. The lowest BCUT2D eigenvalue weighted by atomic mass is 9.74. The first kappa shape index (κ1) is 36.8. The fourth-order valence-electron chi connectivity index (χ4n) is 6.50. The van der Waals surface area contributed by atoms with Crippen molar-refractivity contribution in [1.82, 2.24) is 0 Å². The van der Waals surface area contributed by atoms with Gasteiger partial charge in [0, 0.05) is 25.6 Å². The molecular formula is C27H50O16. The van der Waals surface area contributed by atoms with Gasteiger partial charge < -0.3 is 79.5 Å². The first-order valence-corrected chi connectivity index (χ1v) is 14.7. The van der Waals surface area contributed by atoms with Crippen LogP contribution in [0.15, 0.2) is 0 Å². The van der Waals surface area contributed by atoms with Crippen molar-refractivity contribution in [3.63, 3.8) is 0 Å². The molecule has 43 heavy (non-hydrogen) atoms. The zero-order valence-corrected chi connectivity index (χ0v) is 24.9. The van der Waals surface area contributed by atoms with E-state index < -0.39 is 123 Å². The van der Waals surface area contributed by atoms with E-state index in [-0.39, 0.29) is 19.4 Å². The van der Waals surface area contributed by atoms with Crippen LogP contribution in [0.4, 0.5) is 0 Å². The Hall–Kier alpha value is -0.640. The molecule has 0 spiro atoms. The predicted molar refractivity (Wildman–Crippen MR) is 143 cm³/mol. The normalized spacial score (nSPS) is 46.3. The van der Waals surface area contributed by atoms with Crippen LogP contribution in [0.2, 0.25) is 0 Å². The van der Waals surface area contributed by atoms with Gasteiger partial charge in [-0.3, -0.25) is 0 Å². The number of ether oxygens (including phenoxy) is 6. The highest BCUT2D eigenvalue weighted by Crippen LogP contribution is 2.42. The van der Waals surface area contributed by atoms with Crippen molar-refractivity contribution in [2.24, 2.45) is 11.8 Å². The maximum atomic E-state index is 11.2. The highest BCUT2D eigenvalue weighted by molar-refractivity contribution is 5.02. The summed E-state index contributed by atoms with van der Waals surface area (Å²) in [6.07, 6.45) is -18.2. The van der Waals surface area contributed by atoms with E-state index in [1.54, 1.807) is 13.8 Å². The van der Waals surface area contributed by atoms with Crippen molar-refractivity contribution in [3.05, 3.63) is 0 Å². The van der Waals surface area contributed by atoms with Crippen LogP contribution in [0.1, 0.15) is 33.6 Å². The standard InChI is InChI=1S/C27H50O16/c1-5-27(3,17-14(9-30)40-12(6-7-28)18(32)21(17)35)43-25-23(37)20(34)16(13(8-29)41-25)11(2)39-26-24(38-4)22(36)19(33)15(10-31)42-26/h11-26,28-37H,5-10H2,1-4H3.